The van der Waals surface area contributed by atoms with E-state index in [0.717, 1.165) is 42.9 Å². The van der Waals surface area contributed by atoms with Gasteiger partial charge in [-0.15, -0.1) is 0 Å². The van der Waals surface area contributed by atoms with Gasteiger partial charge in [0.1, 0.15) is 17.8 Å². The first kappa shape index (κ1) is 13.5. The van der Waals surface area contributed by atoms with E-state index in [1.165, 1.54) is 0 Å². The molecule has 4 rings (SSSR count). The molecule has 2 aromatic heterocycles. The highest BCUT2D eigenvalue weighted by atomic mass is 16.2. The van der Waals surface area contributed by atoms with Crippen LogP contribution < -0.4 is 10.6 Å². The van der Waals surface area contributed by atoms with E-state index in [1.54, 1.807) is 6.33 Å². The number of likely N-dealkylation sites (tertiary alicyclic amines) is 1. The van der Waals surface area contributed by atoms with Crippen LogP contribution in [0.15, 0.2) is 18.6 Å². The molecular formula is C15H20N6O. The molecule has 0 bridgehead atoms. The van der Waals surface area contributed by atoms with E-state index in [9.17, 15) is 4.79 Å². The second-order valence-electron chi connectivity index (χ2n) is 6.32. The van der Waals surface area contributed by atoms with Gasteiger partial charge in [-0.05, 0) is 18.4 Å². The largest absolute Gasteiger partial charge is 0.353 e. The van der Waals surface area contributed by atoms with Crippen LogP contribution in [0.4, 0.5) is 5.82 Å². The molecule has 2 saturated heterocycles. The minimum absolute atomic E-state index is 0.0504. The third kappa shape index (κ3) is 1.68. The normalized spacial score (nSPS) is 27.6. The number of carbonyl (C=O) groups is 1. The zero-order chi connectivity index (χ0) is 15.3. The number of amides is 1. The van der Waals surface area contributed by atoms with Crippen molar-refractivity contribution in [2.45, 2.75) is 18.9 Å². The summed E-state index contributed by atoms with van der Waals surface area (Å²) in [5, 5.41) is 1.03. The SMILES string of the molecule is C[C@H]1CN(C(=O)CN)[C@]12CCN(c1ncnc3[nH]ccc13)C2. The first-order chi connectivity index (χ1) is 10.7. The highest BCUT2D eigenvalue weighted by Crippen LogP contribution is 2.44. The lowest BCUT2D eigenvalue weighted by molar-refractivity contribution is -0.152. The Labute approximate surface area is 128 Å². The summed E-state index contributed by atoms with van der Waals surface area (Å²) < 4.78 is 0. The molecule has 2 atom stereocenters. The van der Waals surface area contributed by atoms with Gasteiger partial charge in [0, 0.05) is 25.8 Å². The molecular weight excluding hydrogens is 280 g/mol. The van der Waals surface area contributed by atoms with Crippen LogP contribution in [-0.4, -0.2) is 57.5 Å². The van der Waals surface area contributed by atoms with Gasteiger partial charge < -0.3 is 20.5 Å². The van der Waals surface area contributed by atoms with E-state index in [4.69, 9.17) is 5.73 Å². The van der Waals surface area contributed by atoms with E-state index in [2.05, 4.69) is 26.8 Å². The summed E-state index contributed by atoms with van der Waals surface area (Å²) in [5.74, 6) is 1.49. The molecule has 2 fully saturated rings. The third-order valence-corrected chi connectivity index (χ3v) is 5.30. The highest BCUT2D eigenvalue weighted by molar-refractivity contribution is 5.87. The molecule has 7 nitrogen and oxygen atoms in total. The third-order valence-electron chi connectivity index (χ3n) is 5.30. The lowest BCUT2D eigenvalue weighted by atomic mass is 9.74. The predicted octanol–water partition coefficient (Wildman–Crippen LogP) is 0.344. The minimum atomic E-state index is -0.0793. The maximum atomic E-state index is 12.1. The summed E-state index contributed by atoms with van der Waals surface area (Å²) in [6.07, 6.45) is 4.44. The molecule has 0 radical (unpaired) electrons. The Balaban J connectivity index is 1.65. The van der Waals surface area contributed by atoms with Gasteiger partial charge in [-0.1, -0.05) is 6.92 Å². The van der Waals surface area contributed by atoms with Crippen LogP contribution in [-0.2, 0) is 4.79 Å². The van der Waals surface area contributed by atoms with Gasteiger partial charge in [0.25, 0.3) is 0 Å². The number of aromatic nitrogens is 3. The van der Waals surface area contributed by atoms with E-state index in [-0.39, 0.29) is 18.0 Å². The van der Waals surface area contributed by atoms with Crippen molar-refractivity contribution in [3.63, 3.8) is 0 Å². The zero-order valence-electron chi connectivity index (χ0n) is 12.6. The fourth-order valence-corrected chi connectivity index (χ4v) is 3.97. The van der Waals surface area contributed by atoms with Crippen LogP contribution in [0.25, 0.3) is 11.0 Å². The quantitative estimate of drug-likeness (QED) is 0.835. The van der Waals surface area contributed by atoms with E-state index in [0.29, 0.717) is 5.92 Å². The van der Waals surface area contributed by atoms with Crippen LogP contribution in [0.3, 0.4) is 0 Å². The second kappa shape index (κ2) is 4.67. The number of hydrogen-bond acceptors (Lipinski definition) is 5. The van der Waals surface area contributed by atoms with E-state index in [1.807, 2.05) is 17.2 Å². The van der Waals surface area contributed by atoms with Crippen molar-refractivity contribution >= 4 is 22.8 Å². The Morgan fingerprint density at radius 2 is 2.41 bits per heavy atom. The lowest BCUT2D eigenvalue weighted by Gasteiger charge is -2.56. The summed E-state index contributed by atoms with van der Waals surface area (Å²) in [6, 6.07) is 2.00. The molecule has 2 aromatic rings. The number of carbonyl (C=O) groups excluding carboxylic acids is 1. The second-order valence-corrected chi connectivity index (χ2v) is 6.32. The molecule has 22 heavy (non-hydrogen) atoms. The molecule has 7 heteroatoms. The van der Waals surface area contributed by atoms with Crippen LogP contribution in [0.1, 0.15) is 13.3 Å². The van der Waals surface area contributed by atoms with Crippen molar-refractivity contribution in [3.8, 4) is 0 Å². The monoisotopic (exact) mass is 300 g/mol. The minimum Gasteiger partial charge on any atom is -0.353 e. The van der Waals surface area contributed by atoms with Gasteiger partial charge >= 0.3 is 0 Å². The standard InChI is InChI=1S/C15H20N6O/c1-10-7-21(12(22)6-16)15(10)3-5-20(8-15)14-11-2-4-17-13(11)18-9-19-14/h2,4,9-10H,3,5-8,16H2,1H3,(H,17,18,19)/t10-,15-/m0/s1. The number of H-pyrrole nitrogens is 1. The fourth-order valence-electron chi connectivity index (χ4n) is 3.97. The molecule has 0 saturated carbocycles. The Kier molecular flexibility index (Phi) is 2.87. The number of nitrogens with two attached hydrogens (primary N) is 1. The van der Waals surface area contributed by atoms with Crippen molar-refractivity contribution in [3.05, 3.63) is 18.6 Å². The molecule has 1 spiro atoms. The average Bonchev–Trinajstić information content (AvgIpc) is 3.19. The number of anilines is 1. The number of fused-ring (bicyclic) bond motifs is 1. The maximum Gasteiger partial charge on any atom is 0.236 e. The van der Waals surface area contributed by atoms with Crippen molar-refractivity contribution in [1.29, 1.82) is 0 Å². The van der Waals surface area contributed by atoms with Crippen molar-refractivity contribution in [2.75, 3.05) is 31.1 Å². The van der Waals surface area contributed by atoms with Gasteiger partial charge in [0.2, 0.25) is 5.91 Å². The summed E-state index contributed by atoms with van der Waals surface area (Å²) >= 11 is 0. The first-order valence-corrected chi connectivity index (χ1v) is 7.69. The van der Waals surface area contributed by atoms with Crippen molar-refractivity contribution < 1.29 is 4.79 Å². The van der Waals surface area contributed by atoms with Crippen molar-refractivity contribution in [2.24, 2.45) is 11.7 Å². The Morgan fingerprint density at radius 3 is 3.18 bits per heavy atom. The molecule has 4 heterocycles. The smallest absolute Gasteiger partial charge is 0.236 e. The van der Waals surface area contributed by atoms with Gasteiger partial charge in [-0.3, -0.25) is 4.79 Å². The fraction of sp³-hybridized carbons (Fsp3) is 0.533. The molecule has 3 N–H and O–H groups in total. The topological polar surface area (TPSA) is 91.1 Å². The van der Waals surface area contributed by atoms with Gasteiger partial charge in [0.05, 0.1) is 17.5 Å². The van der Waals surface area contributed by atoms with Gasteiger partial charge in [-0.2, -0.15) is 0 Å². The number of rotatable bonds is 2. The number of aromatic amines is 1. The Morgan fingerprint density at radius 1 is 1.55 bits per heavy atom. The van der Waals surface area contributed by atoms with Gasteiger partial charge in [0.15, 0.2) is 0 Å². The van der Waals surface area contributed by atoms with Gasteiger partial charge in [-0.25, -0.2) is 9.97 Å². The number of hydrogen-bond donors (Lipinski definition) is 2. The van der Waals surface area contributed by atoms with Crippen LogP contribution in [0, 0.1) is 5.92 Å². The van der Waals surface area contributed by atoms with Crippen LogP contribution in [0.2, 0.25) is 0 Å². The molecule has 2 aliphatic rings. The summed E-state index contributed by atoms with van der Waals surface area (Å²) in [6.45, 7) is 4.83. The first-order valence-electron chi connectivity index (χ1n) is 7.69. The maximum absolute atomic E-state index is 12.1. The molecule has 1 amide bonds. The van der Waals surface area contributed by atoms with E-state index < -0.39 is 0 Å². The number of nitrogens with zero attached hydrogens (tertiary/aromatic N) is 4. The summed E-state index contributed by atoms with van der Waals surface area (Å²) in [4.78, 5) is 28.1. The summed E-state index contributed by atoms with van der Waals surface area (Å²) in [5.41, 5.74) is 6.33. The molecule has 0 aromatic carbocycles. The Bertz CT molecular complexity index is 728. The predicted molar refractivity (Wildman–Crippen MR) is 83.4 cm³/mol. The lowest BCUT2D eigenvalue weighted by Crippen LogP contribution is -2.70. The highest BCUT2D eigenvalue weighted by Gasteiger charge is 2.56. The molecule has 2 aliphatic heterocycles. The van der Waals surface area contributed by atoms with Crippen molar-refractivity contribution in [1.82, 2.24) is 19.9 Å². The van der Waals surface area contributed by atoms with E-state index >= 15 is 0 Å². The molecule has 0 aliphatic carbocycles. The molecule has 116 valence electrons. The van der Waals surface area contributed by atoms with Crippen LogP contribution >= 0.6 is 0 Å². The molecule has 0 unspecified atom stereocenters. The number of nitrogens with one attached hydrogen (secondary N) is 1. The Hall–Kier alpha value is -2.15. The zero-order valence-corrected chi connectivity index (χ0v) is 12.6. The average molecular weight is 300 g/mol. The summed E-state index contributed by atoms with van der Waals surface area (Å²) in [7, 11) is 0. The van der Waals surface area contributed by atoms with Crippen LogP contribution in [0.5, 0.6) is 0 Å².